The molecule has 9 rings (SSSR count). The Morgan fingerprint density at radius 2 is 0.882 bits per heavy atom. The molecule has 8 aromatic rings. The summed E-state index contributed by atoms with van der Waals surface area (Å²) in [6.07, 6.45) is 0. The highest BCUT2D eigenvalue weighted by molar-refractivity contribution is 7.08. The summed E-state index contributed by atoms with van der Waals surface area (Å²) in [4.78, 5) is 0. The Kier molecular flexibility index (Phi) is 8.17. The number of fused-ring (bicyclic) bond motifs is 5. The van der Waals surface area contributed by atoms with Crippen LogP contribution in [0.2, 0.25) is 0 Å². The minimum Gasteiger partial charge on any atom is -0.491 e. The highest BCUT2D eigenvalue weighted by atomic mass is 32.1. The molecule has 6 aromatic carbocycles. The zero-order chi connectivity index (χ0) is 34.4. The predicted molar refractivity (Wildman–Crippen MR) is 211 cm³/mol. The van der Waals surface area contributed by atoms with E-state index in [2.05, 4.69) is 143 Å². The largest absolute Gasteiger partial charge is 0.491 e. The first-order valence-corrected chi connectivity index (χ1v) is 19.0. The molecule has 6 heteroatoms. The quantitative estimate of drug-likeness (QED) is 0.149. The zero-order valence-corrected chi connectivity index (χ0v) is 29.3. The number of ether oxygens (including phenoxy) is 2. The molecular formula is C45H34O4S2. The van der Waals surface area contributed by atoms with Gasteiger partial charge in [-0.15, -0.1) is 0 Å². The van der Waals surface area contributed by atoms with Crippen molar-refractivity contribution in [2.45, 2.75) is 5.41 Å². The molecule has 2 aromatic heterocycles. The first kappa shape index (κ1) is 31.7. The fourth-order valence-corrected chi connectivity index (χ4v) is 9.56. The number of hydrogen-bond acceptors (Lipinski definition) is 6. The maximum absolute atomic E-state index is 9.71. The maximum Gasteiger partial charge on any atom is 0.127 e. The van der Waals surface area contributed by atoms with Gasteiger partial charge in [0.15, 0.2) is 0 Å². The summed E-state index contributed by atoms with van der Waals surface area (Å²) >= 11 is 3.42. The van der Waals surface area contributed by atoms with Gasteiger partial charge in [-0.3, -0.25) is 0 Å². The molecule has 0 saturated carbocycles. The van der Waals surface area contributed by atoms with Gasteiger partial charge in [-0.05, 0) is 112 Å². The minimum absolute atomic E-state index is 0.0640. The van der Waals surface area contributed by atoms with E-state index >= 15 is 0 Å². The summed E-state index contributed by atoms with van der Waals surface area (Å²) in [6.45, 7) is 0.298. The van der Waals surface area contributed by atoms with Crippen molar-refractivity contribution in [1.82, 2.24) is 0 Å². The number of hydrogen-bond donors (Lipinski definition) is 2. The van der Waals surface area contributed by atoms with Gasteiger partial charge in [-0.1, -0.05) is 97.1 Å². The number of aliphatic hydroxyl groups is 2. The molecule has 0 saturated heterocycles. The normalized spacial score (nSPS) is 13.0. The molecule has 2 heterocycles. The molecule has 0 spiro atoms. The van der Waals surface area contributed by atoms with Crippen LogP contribution in [0.3, 0.4) is 0 Å². The van der Waals surface area contributed by atoms with Crippen molar-refractivity contribution in [3.05, 3.63) is 165 Å². The van der Waals surface area contributed by atoms with Crippen molar-refractivity contribution in [1.29, 1.82) is 0 Å². The van der Waals surface area contributed by atoms with Gasteiger partial charge in [0.05, 0.1) is 18.6 Å². The van der Waals surface area contributed by atoms with E-state index in [9.17, 15) is 10.2 Å². The third-order valence-corrected chi connectivity index (χ3v) is 11.5. The summed E-state index contributed by atoms with van der Waals surface area (Å²) in [5, 5.41) is 32.4. The number of aliphatic hydroxyl groups excluding tert-OH is 2. The summed E-state index contributed by atoms with van der Waals surface area (Å²) in [7, 11) is 0. The van der Waals surface area contributed by atoms with Crippen LogP contribution in [0.15, 0.2) is 143 Å². The van der Waals surface area contributed by atoms with E-state index in [1.807, 2.05) is 0 Å². The molecule has 0 unspecified atom stereocenters. The van der Waals surface area contributed by atoms with Crippen LogP contribution < -0.4 is 9.47 Å². The van der Waals surface area contributed by atoms with Crippen molar-refractivity contribution in [2.24, 2.45) is 0 Å². The van der Waals surface area contributed by atoms with Crippen LogP contribution in [0.1, 0.15) is 22.3 Å². The second kappa shape index (κ2) is 13.1. The lowest BCUT2D eigenvalue weighted by molar-refractivity contribution is 0.203. The molecule has 4 nitrogen and oxygen atoms in total. The molecule has 0 amide bonds. The van der Waals surface area contributed by atoms with Gasteiger partial charge in [0.25, 0.3) is 0 Å². The van der Waals surface area contributed by atoms with Crippen LogP contribution in [0.5, 0.6) is 11.5 Å². The Morgan fingerprint density at radius 3 is 1.29 bits per heavy atom. The summed E-state index contributed by atoms with van der Waals surface area (Å²) in [6, 6.07) is 43.5. The second-order valence-corrected chi connectivity index (χ2v) is 14.2. The van der Waals surface area contributed by atoms with Gasteiger partial charge in [-0.2, -0.15) is 22.7 Å². The van der Waals surface area contributed by atoms with E-state index in [1.165, 1.54) is 44.5 Å². The number of thiophene rings is 2. The van der Waals surface area contributed by atoms with Crippen molar-refractivity contribution >= 4 is 44.2 Å². The zero-order valence-electron chi connectivity index (χ0n) is 27.7. The smallest absolute Gasteiger partial charge is 0.127 e. The molecular weight excluding hydrogens is 669 g/mol. The fraction of sp³-hybridized carbons (Fsp3) is 0.111. The van der Waals surface area contributed by atoms with E-state index in [-0.39, 0.29) is 26.4 Å². The lowest BCUT2D eigenvalue weighted by atomic mass is 9.63. The van der Waals surface area contributed by atoms with E-state index in [0.717, 1.165) is 44.2 Å². The first-order valence-electron chi connectivity index (χ1n) is 17.1. The summed E-state index contributed by atoms with van der Waals surface area (Å²) < 4.78 is 12.3. The summed E-state index contributed by atoms with van der Waals surface area (Å²) in [5.41, 5.74) is 11.1. The summed E-state index contributed by atoms with van der Waals surface area (Å²) in [5.74, 6) is 1.48. The SMILES string of the molecule is OCCOc1ccc(C2(c3ccc(OCCO)c4ccccc34)c3c(-c4ccsc4)cccc3-c3cccc(-c4ccsc4)c32)c2ccccc12. The minimum atomic E-state index is -0.800. The van der Waals surface area contributed by atoms with Crippen molar-refractivity contribution in [2.75, 3.05) is 26.4 Å². The van der Waals surface area contributed by atoms with E-state index in [0.29, 0.717) is 0 Å². The van der Waals surface area contributed by atoms with Gasteiger partial charge in [-0.25, -0.2) is 0 Å². The Hall–Kier alpha value is -5.24. The molecule has 0 aliphatic heterocycles. The molecule has 0 bridgehead atoms. The monoisotopic (exact) mass is 702 g/mol. The van der Waals surface area contributed by atoms with Gasteiger partial charge in [0.2, 0.25) is 0 Å². The molecule has 2 N–H and O–H groups in total. The fourth-order valence-electron chi connectivity index (χ4n) is 8.25. The highest BCUT2D eigenvalue weighted by Gasteiger charge is 2.51. The van der Waals surface area contributed by atoms with Crippen LogP contribution in [-0.2, 0) is 5.41 Å². The highest BCUT2D eigenvalue weighted by Crippen LogP contribution is 2.63. The van der Waals surface area contributed by atoms with Crippen LogP contribution in [0.4, 0.5) is 0 Å². The third-order valence-electron chi connectivity index (χ3n) is 10.1. The molecule has 250 valence electrons. The Bertz CT molecular complexity index is 2340. The Morgan fingerprint density at radius 1 is 0.451 bits per heavy atom. The Labute approximate surface area is 304 Å². The second-order valence-electron chi connectivity index (χ2n) is 12.7. The topological polar surface area (TPSA) is 58.9 Å². The van der Waals surface area contributed by atoms with Gasteiger partial charge >= 0.3 is 0 Å². The van der Waals surface area contributed by atoms with E-state index < -0.39 is 5.41 Å². The number of benzene rings is 6. The van der Waals surface area contributed by atoms with Crippen molar-refractivity contribution in [3.63, 3.8) is 0 Å². The first-order chi connectivity index (χ1) is 25.3. The average molecular weight is 703 g/mol. The van der Waals surface area contributed by atoms with Crippen LogP contribution in [0, 0.1) is 0 Å². The molecule has 0 fully saturated rings. The average Bonchev–Trinajstić information content (AvgIpc) is 3.98. The van der Waals surface area contributed by atoms with E-state index in [1.54, 1.807) is 22.7 Å². The lowest BCUT2D eigenvalue weighted by Gasteiger charge is -2.38. The molecule has 51 heavy (non-hydrogen) atoms. The Balaban J connectivity index is 1.52. The third kappa shape index (κ3) is 4.94. The molecule has 0 radical (unpaired) electrons. The molecule has 1 aliphatic carbocycles. The molecule has 0 atom stereocenters. The lowest BCUT2D eigenvalue weighted by Crippen LogP contribution is -2.31. The van der Waals surface area contributed by atoms with Gasteiger partial charge in [0, 0.05) is 10.8 Å². The van der Waals surface area contributed by atoms with Crippen molar-refractivity contribution < 1.29 is 19.7 Å². The standard InChI is InChI=1S/C45H34O4S2/c46-21-23-48-41-17-15-39(33-7-1-3-9-35(33)41)45(40-16-18-42(49-24-22-47)36-10-4-2-8-34(36)40)43-31(29-19-25-50-27-29)11-5-13-37(43)38-14-6-12-32(44(38)45)30-20-26-51-28-30/h1-20,25-28,46-47H,21-24H2. The van der Waals surface area contributed by atoms with E-state index in [4.69, 9.17) is 9.47 Å². The van der Waals surface area contributed by atoms with Gasteiger partial charge in [0.1, 0.15) is 24.7 Å². The molecule has 1 aliphatic rings. The van der Waals surface area contributed by atoms with Crippen LogP contribution >= 0.6 is 22.7 Å². The van der Waals surface area contributed by atoms with Crippen LogP contribution in [0.25, 0.3) is 54.9 Å². The maximum atomic E-state index is 9.71. The van der Waals surface area contributed by atoms with Gasteiger partial charge < -0.3 is 19.7 Å². The van der Waals surface area contributed by atoms with Crippen molar-refractivity contribution in [3.8, 4) is 44.9 Å². The van der Waals surface area contributed by atoms with Crippen LogP contribution in [-0.4, -0.2) is 36.6 Å². The number of rotatable bonds is 10. The predicted octanol–water partition coefficient (Wildman–Crippen LogP) is 10.6.